The quantitative estimate of drug-likeness (QED) is 0.397. The van der Waals surface area contributed by atoms with Gasteiger partial charge in [-0.05, 0) is 25.5 Å². The van der Waals surface area contributed by atoms with E-state index in [2.05, 4.69) is 27.1 Å². The molecule has 25 heavy (non-hydrogen) atoms. The molecule has 7 nitrogen and oxygen atoms in total. The van der Waals surface area contributed by atoms with Crippen molar-refractivity contribution in [1.29, 1.82) is 0 Å². The summed E-state index contributed by atoms with van der Waals surface area (Å²) in [4.78, 5) is 16.2. The topological polar surface area (TPSA) is 81.9 Å². The van der Waals surface area contributed by atoms with Crippen molar-refractivity contribution in [3.05, 3.63) is 37.2 Å². The average Bonchev–Trinajstić information content (AvgIpc) is 3.02. The van der Waals surface area contributed by atoms with Crippen molar-refractivity contribution >= 4 is 17.7 Å². The lowest BCUT2D eigenvalue weighted by atomic mass is 10.2. The van der Waals surface area contributed by atoms with E-state index in [1.165, 1.54) is 11.8 Å². The molecular formula is C17H23N5O2S. The van der Waals surface area contributed by atoms with Crippen molar-refractivity contribution in [3.63, 3.8) is 0 Å². The third-order valence-electron chi connectivity index (χ3n) is 3.44. The second-order valence-corrected chi connectivity index (χ2v) is 6.65. The first-order valence-corrected chi connectivity index (χ1v) is 8.93. The summed E-state index contributed by atoms with van der Waals surface area (Å²) in [5.41, 5.74) is 0.924. The highest BCUT2D eigenvalue weighted by Gasteiger charge is 2.20. The van der Waals surface area contributed by atoms with E-state index in [1.54, 1.807) is 25.6 Å². The zero-order valence-electron chi connectivity index (χ0n) is 14.5. The van der Waals surface area contributed by atoms with Gasteiger partial charge in [-0.1, -0.05) is 17.8 Å². The lowest BCUT2D eigenvalue weighted by Gasteiger charge is -2.12. The summed E-state index contributed by atoms with van der Waals surface area (Å²) in [6.45, 7) is 7.44. The lowest BCUT2D eigenvalue weighted by molar-refractivity contribution is -0.120. The SMILES string of the molecule is C=CCn1c(SC(C)C(=O)NCCCOC)nnc1-c1ccncc1. The Balaban J connectivity index is 2.07. The fourth-order valence-electron chi connectivity index (χ4n) is 2.17. The first kappa shape index (κ1) is 19.1. The molecule has 0 spiro atoms. The number of hydrogen-bond acceptors (Lipinski definition) is 6. The van der Waals surface area contributed by atoms with Crippen molar-refractivity contribution in [2.24, 2.45) is 0 Å². The lowest BCUT2D eigenvalue weighted by Crippen LogP contribution is -2.32. The minimum atomic E-state index is -0.277. The Morgan fingerprint density at radius 1 is 1.44 bits per heavy atom. The number of pyridine rings is 1. The van der Waals surface area contributed by atoms with Crippen molar-refractivity contribution in [2.45, 2.75) is 30.3 Å². The number of aromatic nitrogens is 4. The molecule has 0 radical (unpaired) electrons. The van der Waals surface area contributed by atoms with Crippen LogP contribution in [-0.4, -0.2) is 51.2 Å². The Morgan fingerprint density at radius 3 is 2.88 bits per heavy atom. The molecule has 2 heterocycles. The Kier molecular flexibility index (Phi) is 7.62. The second kappa shape index (κ2) is 9.95. The Morgan fingerprint density at radius 2 is 2.20 bits per heavy atom. The van der Waals surface area contributed by atoms with E-state index < -0.39 is 0 Å². The maximum Gasteiger partial charge on any atom is 0.233 e. The molecule has 8 heteroatoms. The summed E-state index contributed by atoms with van der Waals surface area (Å²) in [6.07, 6.45) is 6.00. The molecule has 2 aromatic heterocycles. The number of thioether (sulfide) groups is 1. The van der Waals surface area contributed by atoms with Crippen LogP contribution in [0.25, 0.3) is 11.4 Å². The van der Waals surface area contributed by atoms with Gasteiger partial charge in [0.05, 0.1) is 5.25 Å². The van der Waals surface area contributed by atoms with Crippen molar-refractivity contribution in [2.75, 3.05) is 20.3 Å². The van der Waals surface area contributed by atoms with Gasteiger partial charge in [-0.15, -0.1) is 16.8 Å². The number of carbonyl (C=O) groups excluding carboxylic acids is 1. The second-order valence-electron chi connectivity index (χ2n) is 5.34. The number of methoxy groups -OCH3 is 1. The van der Waals surface area contributed by atoms with E-state index in [0.29, 0.717) is 24.9 Å². The van der Waals surface area contributed by atoms with Gasteiger partial charge in [0, 0.05) is 44.8 Å². The van der Waals surface area contributed by atoms with Gasteiger partial charge in [-0.25, -0.2) is 0 Å². The van der Waals surface area contributed by atoms with Crippen LogP contribution in [0.1, 0.15) is 13.3 Å². The minimum Gasteiger partial charge on any atom is -0.385 e. The van der Waals surface area contributed by atoms with Crippen molar-refractivity contribution in [1.82, 2.24) is 25.1 Å². The predicted molar refractivity (Wildman–Crippen MR) is 98.3 cm³/mol. The predicted octanol–water partition coefficient (Wildman–Crippen LogP) is 2.16. The van der Waals surface area contributed by atoms with Gasteiger partial charge in [-0.2, -0.15) is 0 Å². The van der Waals surface area contributed by atoms with Gasteiger partial charge in [0.25, 0.3) is 0 Å². The number of amides is 1. The largest absolute Gasteiger partial charge is 0.385 e. The summed E-state index contributed by atoms with van der Waals surface area (Å²) in [6, 6.07) is 3.76. The molecule has 1 N–H and O–H groups in total. The summed E-state index contributed by atoms with van der Waals surface area (Å²) >= 11 is 1.38. The monoisotopic (exact) mass is 361 g/mol. The van der Waals surface area contributed by atoms with Crippen molar-refractivity contribution in [3.8, 4) is 11.4 Å². The standard InChI is InChI=1S/C17H23N5O2S/c1-4-11-22-15(14-6-9-18-10-7-14)20-21-17(22)25-13(2)16(23)19-8-5-12-24-3/h4,6-7,9-10,13H,1,5,8,11-12H2,2-3H3,(H,19,23). The van der Waals surface area contributed by atoms with Crippen molar-refractivity contribution < 1.29 is 9.53 Å². The summed E-state index contributed by atoms with van der Waals surface area (Å²) in [5, 5.41) is 11.8. The molecule has 0 saturated carbocycles. The first-order valence-electron chi connectivity index (χ1n) is 8.05. The average molecular weight is 361 g/mol. The van der Waals surface area contributed by atoms with Crippen LogP contribution in [0, 0.1) is 0 Å². The summed E-state index contributed by atoms with van der Waals surface area (Å²) < 4.78 is 6.92. The molecule has 1 unspecified atom stereocenters. The summed E-state index contributed by atoms with van der Waals surface area (Å²) in [5.74, 6) is 0.706. The summed E-state index contributed by atoms with van der Waals surface area (Å²) in [7, 11) is 1.65. The smallest absolute Gasteiger partial charge is 0.233 e. The van der Waals surface area contributed by atoms with Crippen LogP contribution in [0.2, 0.25) is 0 Å². The maximum atomic E-state index is 12.2. The fraction of sp³-hybridized carbons (Fsp3) is 0.412. The molecule has 1 amide bonds. The van der Waals surface area contributed by atoms with Gasteiger partial charge in [0.1, 0.15) is 0 Å². The van der Waals surface area contributed by atoms with Gasteiger partial charge in [0.2, 0.25) is 5.91 Å². The van der Waals surface area contributed by atoms with E-state index >= 15 is 0 Å². The molecule has 0 aliphatic rings. The molecule has 134 valence electrons. The third-order valence-corrected chi connectivity index (χ3v) is 4.52. The zero-order chi connectivity index (χ0) is 18.1. The van der Waals surface area contributed by atoms with E-state index in [0.717, 1.165) is 17.8 Å². The molecule has 0 aliphatic heterocycles. The van der Waals surface area contributed by atoms with Crippen LogP contribution < -0.4 is 5.32 Å². The van der Waals surface area contributed by atoms with Gasteiger partial charge in [0.15, 0.2) is 11.0 Å². The zero-order valence-corrected chi connectivity index (χ0v) is 15.3. The minimum absolute atomic E-state index is 0.0280. The highest BCUT2D eigenvalue weighted by molar-refractivity contribution is 8.00. The molecule has 0 saturated heterocycles. The Hall–Kier alpha value is -2.19. The molecule has 0 fully saturated rings. The van der Waals surface area contributed by atoms with E-state index in [-0.39, 0.29) is 11.2 Å². The Bertz CT molecular complexity index is 690. The van der Waals surface area contributed by atoms with Crippen LogP contribution in [0.5, 0.6) is 0 Å². The number of carbonyl (C=O) groups is 1. The van der Waals surface area contributed by atoms with Crippen LogP contribution in [0.4, 0.5) is 0 Å². The fourth-order valence-corrected chi connectivity index (χ4v) is 3.05. The molecule has 2 aromatic rings. The molecule has 2 rings (SSSR count). The van der Waals surface area contributed by atoms with E-state index in [4.69, 9.17) is 4.74 Å². The molecule has 0 bridgehead atoms. The number of nitrogens with one attached hydrogen (secondary N) is 1. The highest BCUT2D eigenvalue weighted by atomic mass is 32.2. The van der Waals surface area contributed by atoms with Gasteiger partial charge < -0.3 is 10.1 Å². The van der Waals surface area contributed by atoms with Gasteiger partial charge in [-0.3, -0.25) is 14.3 Å². The molecule has 1 atom stereocenters. The van der Waals surface area contributed by atoms with Crippen LogP contribution in [0.3, 0.4) is 0 Å². The first-order chi connectivity index (χ1) is 12.2. The van der Waals surface area contributed by atoms with Crippen LogP contribution >= 0.6 is 11.8 Å². The van der Waals surface area contributed by atoms with Gasteiger partial charge >= 0.3 is 0 Å². The maximum absolute atomic E-state index is 12.2. The number of hydrogen-bond donors (Lipinski definition) is 1. The molecular weight excluding hydrogens is 338 g/mol. The molecule has 0 aromatic carbocycles. The van der Waals surface area contributed by atoms with E-state index in [9.17, 15) is 4.79 Å². The van der Waals surface area contributed by atoms with E-state index in [1.807, 2.05) is 23.6 Å². The Labute approximate surface area is 151 Å². The van der Waals surface area contributed by atoms with Crippen LogP contribution in [0.15, 0.2) is 42.3 Å². The number of ether oxygens (including phenoxy) is 1. The number of allylic oxidation sites excluding steroid dienone is 1. The third kappa shape index (κ3) is 5.40. The molecule has 0 aliphatic carbocycles. The normalized spacial score (nSPS) is 11.9. The number of nitrogens with zero attached hydrogens (tertiary/aromatic N) is 4. The van der Waals surface area contributed by atoms with Crippen LogP contribution in [-0.2, 0) is 16.1 Å². The number of rotatable bonds is 10. The highest BCUT2D eigenvalue weighted by Crippen LogP contribution is 2.26.